The molecule has 0 radical (unpaired) electrons. The first kappa shape index (κ1) is 23.6. The van der Waals surface area contributed by atoms with Gasteiger partial charge in [0.25, 0.3) is 0 Å². The summed E-state index contributed by atoms with van der Waals surface area (Å²) in [5.41, 5.74) is 1.04. The molecule has 0 saturated heterocycles. The van der Waals surface area contributed by atoms with Crippen LogP contribution in [0, 0.1) is 5.82 Å². The minimum absolute atomic E-state index is 0.00603. The Morgan fingerprint density at radius 1 is 1.10 bits per heavy atom. The molecule has 0 aliphatic heterocycles. The van der Waals surface area contributed by atoms with Gasteiger partial charge >= 0.3 is 0 Å². The van der Waals surface area contributed by atoms with Crippen LogP contribution in [0.5, 0.6) is 0 Å². The Bertz CT molecular complexity index is 932. The molecule has 3 rings (SSSR count). The fourth-order valence-electron chi connectivity index (χ4n) is 3.89. The molecule has 1 aliphatic rings. The number of nitrogens with zero attached hydrogens (tertiary/aromatic N) is 1. The van der Waals surface area contributed by atoms with Crippen molar-refractivity contribution in [2.75, 3.05) is 0 Å². The number of hydrogen-bond acceptors (Lipinski definition) is 2. The highest BCUT2D eigenvalue weighted by atomic mass is 35.5. The van der Waals surface area contributed by atoms with E-state index in [9.17, 15) is 14.0 Å². The Balaban J connectivity index is 1.78. The molecule has 7 heteroatoms. The molecule has 2 amide bonds. The predicted molar refractivity (Wildman–Crippen MR) is 122 cm³/mol. The van der Waals surface area contributed by atoms with Crippen molar-refractivity contribution in [3.63, 3.8) is 0 Å². The summed E-state index contributed by atoms with van der Waals surface area (Å²) >= 11 is 12.0. The van der Waals surface area contributed by atoms with Gasteiger partial charge < -0.3 is 10.2 Å². The molecule has 166 valence electrons. The summed E-state index contributed by atoms with van der Waals surface area (Å²) in [6, 6.07) is 10.7. The van der Waals surface area contributed by atoms with Gasteiger partial charge in [-0.2, -0.15) is 0 Å². The fraction of sp³-hybridized carbons (Fsp3) is 0.417. The van der Waals surface area contributed by atoms with Crippen molar-refractivity contribution in [3.05, 3.63) is 69.5 Å². The lowest BCUT2D eigenvalue weighted by Crippen LogP contribution is -2.50. The summed E-state index contributed by atoms with van der Waals surface area (Å²) < 4.78 is 14.3. The van der Waals surface area contributed by atoms with Gasteiger partial charge in [-0.15, -0.1) is 0 Å². The van der Waals surface area contributed by atoms with Gasteiger partial charge in [0.05, 0.1) is 16.5 Å². The smallest absolute Gasteiger partial charge is 0.242 e. The number of carbonyl (C=O) groups excluding carboxylic acids is 2. The van der Waals surface area contributed by atoms with E-state index >= 15 is 0 Å². The Hall–Kier alpha value is -2.11. The molecule has 4 nitrogen and oxygen atoms in total. The number of hydrogen-bond donors (Lipinski definition) is 1. The molecule has 1 N–H and O–H groups in total. The molecule has 1 saturated carbocycles. The molecule has 2 aromatic rings. The molecule has 1 fully saturated rings. The van der Waals surface area contributed by atoms with Crippen molar-refractivity contribution in [2.24, 2.45) is 0 Å². The van der Waals surface area contributed by atoms with E-state index in [4.69, 9.17) is 23.2 Å². The van der Waals surface area contributed by atoms with Gasteiger partial charge in [-0.05, 0) is 43.5 Å². The van der Waals surface area contributed by atoms with Crippen molar-refractivity contribution in [2.45, 2.75) is 64.1 Å². The van der Waals surface area contributed by atoms with Crippen LogP contribution in [-0.4, -0.2) is 28.8 Å². The number of benzene rings is 2. The van der Waals surface area contributed by atoms with Crippen molar-refractivity contribution >= 4 is 35.0 Å². The quantitative estimate of drug-likeness (QED) is 0.584. The van der Waals surface area contributed by atoms with E-state index < -0.39 is 11.9 Å². The molecule has 31 heavy (non-hydrogen) atoms. The van der Waals surface area contributed by atoms with E-state index in [-0.39, 0.29) is 30.8 Å². The third kappa shape index (κ3) is 6.44. The maximum atomic E-state index is 14.3. The molecule has 2 aromatic carbocycles. The highest BCUT2D eigenvalue weighted by Crippen LogP contribution is 2.24. The third-order valence-corrected chi connectivity index (χ3v) is 6.50. The predicted octanol–water partition coefficient (Wildman–Crippen LogP) is 5.54. The molecule has 1 unspecified atom stereocenters. The van der Waals surface area contributed by atoms with Gasteiger partial charge in [-0.3, -0.25) is 9.59 Å². The normalized spacial score (nSPS) is 15.4. The molecular weight excluding hydrogens is 438 g/mol. The summed E-state index contributed by atoms with van der Waals surface area (Å²) in [5, 5.41) is 3.83. The largest absolute Gasteiger partial charge is 0.352 e. The van der Waals surface area contributed by atoms with Gasteiger partial charge in [0.2, 0.25) is 11.8 Å². The Morgan fingerprint density at radius 3 is 2.48 bits per heavy atom. The van der Waals surface area contributed by atoms with Crippen LogP contribution in [0.3, 0.4) is 0 Å². The minimum atomic E-state index is -0.739. The van der Waals surface area contributed by atoms with Crippen LogP contribution in [0.1, 0.15) is 50.2 Å². The summed E-state index contributed by atoms with van der Waals surface area (Å²) in [7, 11) is 0. The zero-order valence-corrected chi connectivity index (χ0v) is 19.1. The lowest BCUT2D eigenvalue weighted by atomic mass is 9.95. The summed E-state index contributed by atoms with van der Waals surface area (Å²) in [6.07, 6.45) is 5.30. The Kier molecular flexibility index (Phi) is 8.33. The first-order chi connectivity index (χ1) is 14.8. The van der Waals surface area contributed by atoms with Crippen LogP contribution in [-0.2, 0) is 22.6 Å². The van der Waals surface area contributed by atoms with Crippen LogP contribution in [0.4, 0.5) is 4.39 Å². The van der Waals surface area contributed by atoms with Crippen molar-refractivity contribution in [3.8, 4) is 0 Å². The fourth-order valence-corrected chi connectivity index (χ4v) is 4.21. The van der Waals surface area contributed by atoms with E-state index in [1.54, 1.807) is 43.3 Å². The second kappa shape index (κ2) is 11.0. The summed E-state index contributed by atoms with van der Waals surface area (Å²) in [6.45, 7) is 1.69. The number of rotatable bonds is 7. The van der Waals surface area contributed by atoms with Crippen molar-refractivity contribution in [1.29, 1.82) is 0 Å². The SMILES string of the molecule is CC(C(=O)NC1CCCCC1)N(Cc1ccccc1F)C(=O)Cc1ccc(Cl)c(Cl)c1. The van der Waals surface area contributed by atoms with Crippen LogP contribution in [0.2, 0.25) is 10.0 Å². The van der Waals surface area contributed by atoms with Gasteiger partial charge in [-0.1, -0.05) is 66.7 Å². The van der Waals surface area contributed by atoms with Gasteiger partial charge in [-0.25, -0.2) is 4.39 Å². The lowest BCUT2D eigenvalue weighted by molar-refractivity contribution is -0.140. The Labute approximate surface area is 192 Å². The molecule has 0 heterocycles. The summed E-state index contributed by atoms with van der Waals surface area (Å²) in [4.78, 5) is 27.6. The standard InChI is InChI=1S/C24H27Cl2FN2O2/c1-16(24(31)28-19-8-3-2-4-9-19)29(15-18-7-5-6-10-22(18)27)23(30)14-17-11-12-20(25)21(26)13-17/h5-7,10-13,16,19H,2-4,8-9,14-15H2,1H3,(H,28,31). The van der Waals surface area contributed by atoms with Crippen molar-refractivity contribution < 1.29 is 14.0 Å². The van der Waals surface area contributed by atoms with Crippen LogP contribution < -0.4 is 5.32 Å². The Morgan fingerprint density at radius 2 is 1.81 bits per heavy atom. The van der Waals surface area contributed by atoms with E-state index in [1.807, 2.05) is 0 Å². The van der Waals surface area contributed by atoms with E-state index in [1.165, 1.54) is 17.4 Å². The van der Waals surface area contributed by atoms with Crippen LogP contribution in [0.15, 0.2) is 42.5 Å². The number of halogens is 3. The van der Waals surface area contributed by atoms with Crippen LogP contribution >= 0.6 is 23.2 Å². The monoisotopic (exact) mass is 464 g/mol. The second-order valence-corrected chi connectivity index (χ2v) is 8.87. The summed E-state index contributed by atoms with van der Waals surface area (Å²) in [5.74, 6) is -0.909. The maximum absolute atomic E-state index is 14.3. The zero-order valence-electron chi connectivity index (χ0n) is 17.5. The number of amides is 2. The minimum Gasteiger partial charge on any atom is -0.352 e. The molecule has 0 aromatic heterocycles. The molecule has 0 bridgehead atoms. The lowest BCUT2D eigenvalue weighted by Gasteiger charge is -2.31. The zero-order chi connectivity index (χ0) is 22.4. The van der Waals surface area contributed by atoms with Crippen molar-refractivity contribution in [1.82, 2.24) is 10.2 Å². The van der Waals surface area contributed by atoms with Crippen LogP contribution in [0.25, 0.3) is 0 Å². The average molecular weight is 465 g/mol. The maximum Gasteiger partial charge on any atom is 0.242 e. The number of nitrogens with one attached hydrogen (secondary N) is 1. The van der Waals surface area contributed by atoms with E-state index in [0.717, 1.165) is 25.7 Å². The average Bonchev–Trinajstić information content (AvgIpc) is 2.76. The number of carbonyl (C=O) groups is 2. The molecule has 0 spiro atoms. The van der Waals surface area contributed by atoms with E-state index in [2.05, 4.69) is 5.32 Å². The first-order valence-electron chi connectivity index (χ1n) is 10.6. The van der Waals surface area contributed by atoms with E-state index in [0.29, 0.717) is 21.2 Å². The van der Waals surface area contributed by atoms with Gasteiger partial charge in [0.15, 0.2) is 0 Å². The second-order valence-electron chi connectivity index (χ2n) is 8.06. The van der Waals surface area contributed by atoms with Gasteiger partial charge in [0, 0.05) is 18.2 Å². The molecule has 1 atom stereocenters. The third-order valence-electron chi connectivity index (χ3n) is 5.76. The first-order valence-corrected chi connectivity index (χ1v) is 11.4. The highest BCUT2D eigenvalue weighted by Gasteiger charge is 2.28. The highest BCUT2D eigenvalue weighted by molar-refractivity contribution is 6.42. The molecule has 1 aliphatic carbocycles. The topological polar surface area (TPSA) is 49.4 Å². The molecular formula is C24H27Cl2FN2O2. The van der Waals surface area contributed by atoms with Gasteiger partial charge in [0.1, 0.15) is 11.9 Å².